The summed E-state index contributed by atoms with van der Waals surface area (Å²) in [6.07, 6.45) is 0. The molecule has 112 valence electrons. The van der Waals surface area contributed by atoms with E-state index in [1.54, 1.807) is 0 Å². The van der Waals surface area contributed by atoms with Crippen molar-refractivity contribution < 1.29 is 9.53 Å². The Balaban J connectivity index is 2.26. The fourth-order valence-corrected chi connectivity index (χ4v) is 2.52. The van der Waals surface area contributed by atoms with Gasteiger partial charge < -0.3 is 10.1 Å². The first kappa shape index (κ1) is 16.9. The van der Waals surface area contributed by atoms with E-state index in [9.17, 15) is 4.79 Å². The molecule has 0 saturated carbocycles. The number of nitrogens with one attached hydrogen (secondary N) is 1. The zero-order chi connectivity index (χ0) is 15.2. The fraction of sp³-hybridized carbons (Fsp3) is 0.562. The molecule has 0 aliphatic rings. The normalized spacial score (nSPS) is 11.2. The van der Waals surface area contributed by atoms with Gasteiger partial charge in [0.05, 0.1) is 0 Å². The van der Waals surface area contributed by atoms with Crippen molar-refractivity contribution in [1.82, 2.24) is 5.32 Å². The van der Waals surface area contributed by atoms with E-state index in [0.29, 0.717) is 6.54 Å². The lowest BCUT2D eigenvalue weighted by Gasteiger charge is -2.17. The molecule has 0 saturated heterocycles. The quantitative estimate of drug-likeness (QED) is 0.818. The number of aryl methyl sites for hydroxylation is 2. The molecule has 0 fully saturated rings. The van der Waals surface area contributed by atoms with Gasteiger partial charge in [0.15, 0.2) is 6.61 Å². The lowest BCUT2D eigenvalue weighted by atomic mass is 10.1. The molecular formula is C16H25NO2S. The molecule has 1 aromatic carbocycles. The van der Waals surface area contributed by atoms with E-state index in [2.05, 4.69) is 26.1 Å². The largest absolute Gasteiger partial charge is 0.484 e. The van der Waals surface area contributed by atoms with Crippen LogP contribution in [0.15, 0.2) is 18.2 Å². The summed E-state index contributed by atoms with van der Waals surface area (Å²) in [5.41, 5.74) is 2.25. The highest BCUT2D eigenvalue weighted by Crippen LogP contribution is 2.22. The summed E-state index contributed by atoms with van der Waals surface area (Å²) in [6.45, 7) is 11.3. The van der Waals surface area contributed by atoms with Gasteiger partial charge in [-0.1, -0.05) is 38.5 Å². The molecule has 0 unspecified atom stereocenters. The smallest absolute Gasteiger partial charge is 0.257 e. The maximum atomic E-state index is 11.7. The predicted octanol–water partition coefficient (Wildman–Crippen LogP) is 3.33. The van der Waals surface area contributed by atoms with Gasteiger partial charge in [0.25, 0.3) is 5.91 Å². The molecule has 1 rings (SSSR count). The molecule has 0 aliphatic heterocycles. The molecule has 1 amide bonds. The van der Waals surface area contributed by atoms with Gasteiger partial charge in [-0.2, -0.15) is 11.8 Å². The Morgan fingerprint density at radius 1 is 1.30 bits per heavy atom. The second-order valence-electron chi connectivity index (χ2n) is 5.87. The number of carbonyl (C=O) groups excluding carboxylic acids is 1. The molecule has 3 nitrogen and oxygen atoms in total. The topological polar surface area (TPSA) is 38.3 Å². The van der Waals surface area contributed by atoms with Gasteiger partial charge in [0.1, 0.15) is 5.75 Å². The Morgan fingerprint density at radius 2 is 2.00 bits per heavy atom. The highest BCUT2D eigenvalue weighted by Gasteiger charge is 2.10. The second kappa shape index (κ2) is 7.58. The Morgan fingerprint density at radius 3 is 2.60 bits per heavy atom. The molecule has 20 heavy (non-hydrogen) atoms. The van der Waals surface area contributed by atoms with E-state index in [1.807, 2.05) is 43.8 Å². The Labute approximate surface area is 126 Å². The minimum atomic E-state index is -0.0699. The van der Waals surface area contributed by atoms with Gasteiger partial charge in [-0.3, -0.25) is 4.79 Å². The summed E-state index contributed by atoms with van der Waals surface area (Å²) in [4.78, 5) is 11.7. The van der Waals surface area contributed by atoms with Crippen LogP contribution < -0.4 is 10.1 Å². The van der Waals surface area contributed by atoms with Crippen LogP contribution in [0.4, 0.5) is 0 Å². The average Bonchev–Trinajstić information content (AvgIpc) is 2.32. The van der Waals surface area contributed by atoms with E-state index in [1.165, 1.54) is 5.56 Å². The lowest BCUT2D eigenvalue weighted by molar-refractivity contribution is -0.122. The fourth-order valence-electron chi connectivity index (χ4n) is 1.70. The predicted molar refractivity (Wildman–Crippen MR) is 86.6 cm³/mol. The van der Waals surface area contributed by atoms with Crippen molar-refractivity contribution in [3.05, 3.63) is 29.3 Å². The van der Waals surface area contributed by atoms with Crippen LogP contribution in [-0.4, -0.2) is 29.6 Å². The first-order chi connectivity index (χ1) is 9.28. The SMILES string of the molecule is Cc1ccc(OCC(=O)NCCSC(C)(C)C)c(C)c1. The summed E-state index contributed by atoms with van der Waals surface area (Å²) in [7, 11) is 0. The lowest BCUT2D eigenvalue weighted by Crippen LogP contribution is -2.31. The zero-order valence-corrected chi connectivity index (χ0v) is 13.9. The van der Waals surface area contributed by atoms with Gasteiger partial charge in [-0.05, 0) is 25.5 Å². The second-order valence-corrected chi connectivity index (χ2v) is 7.79. The number of thioether (sulfide) groups is 1. The third-order valence-corrected chi connectivity index (χ3v) is 3.92. The van der Waals surface area contributed by atoms with Crippen molar-refractivity contribution in [1.29, 1.82) is 0 Å². The first-order valence-corrected chi connectivity index (χ1v) is 7.87. The van der Waals surface area contributed by atoms with E-state index >= 15 is 0 Å². The highest BCUT2D eigenvalue weighted by molar-refractivity contribution is 8.00. The minimum Gasteiger partial charge on any atom is -0.484 e. The number of ether oxygens (including phenoxy) is 1. The summed E-state index contributed by atoms with van der Waals surface area (Å²) in [6, 6.07) is 5.95. The zero-order valence-electron chi connectivity index (χ0n) is 13.1. The van der Waals surface area contributed by atoms with Crippen molar-refractivity contribution in [3.8, 4) is 5.75 Å². The average molecular weight is 295 g/mol. The molecule has 0 radical (unpaired) electrons. The summed E-state index contributed by atoms with van der Waals surface area (Å²) in [5.74, 6) is 1.62. The molecule has 0 atom stereocenters. The maximum absolute atomic E-state index is 11.7. The molecule has 0 aromatic heterocycles. The molecule has 1 N–H and O–H groups in total. The van der Waals surface area contributed by atoms with Crippen LogP contribution in [0.5, 0.6) is 5.75 Å². The maximum Gasteiger partial charge on any atom is 0.257 e. The van der Waals surface area contributed by atoms with Gasteiger partial charge in [-0.15, -0.1) is 0 Å². The third kappa shape index (κ3) is 6.85. The van der Waals surface area contributed by atoms with Gasteiger partial charge in [0.2, 0.25) is 0 Å². The van der Waals surface area contributed by atoms with Crippen LogP contribution in [0.3, 0.4) is 0 Å². The number of benzene rings is 1. The number of hydrogen-bond donors (Lipinski definition) is 1. The van der Waals surface area contributed by atoms with Crippen LogP contribution in [0.2, 0.25) is 0 Å². The van der Waals surface area contributed by atoms with Crippen LogP contribution in [0.1, 0.15) is 31.9 Å². The van der Waals surface area contributed by atoms with Gasteiger partial charge >= 0.3 is 0 Å². The van der Waals surface area contributed by atoms with E-state index in [0.717, 1.165) is 17.1 Å². The highest BCUT2D eigenvalue weighted by atomic mass is 32.2. The number of amides is 1. The van der Waals surface area contributed by atoms with Crippen LogP contribution in [0, 0.1) is 13.8 Å². The first-order valence-electron chi connectivity index (χ1n) is 6.88. The molecule has 4 heteroatoms. The van der Waals surface area contributed by atoms with Gasteiger partial charge in [0, 0.05) is 17.0 Å². The van der Waals surface area contributed by atoms with E-state index < -0.39 is 0 Å². The van der Waals surface area contributed by atoms with Crippen LogP contribution in [-0.2, 0) is 4.79 Å². The standard InChI is InChI=1S/C16H25NO2S/c1-12-6-7-14(13(2)10-12)19-11-15(18)17-8-9-20-16(3,4)5/h6-7,10H,8-9,11H2,1-5H3,(H,17,18). The molecule has 0 heterocycles. The monoisotopic (exact) mass is 295 g/mol. The Kier molecular flexibility index (Phi) is 6.40. The third-order valence-electron chi connectivity index (χ3n) is 2.65. The van der Waals surface area contributed by atoms with E-state index in [-0.39, 0.29) is 17.3 Å². The Bertz CT molecular complexity index is 452. The van der Waals surface area contributed by atoms with Crippen LogP contribution in [0.25, 0.3) is 0 Å². The summed E-state index contributed by atoms with van der Waals surface area (Å²) >= 11 is 1.84. The van der Waals surface area contributed by atoms with Crippen molar-refractivity contribution in [3.63, 3.8) is 0 Å². The van der Waals surface area contributed by atoms with Crippen molar-refractivity contribution >= 4 is 17.7 Å². The van der Waals surface area contributed by atoms with E-state index in [4.69, 9.17) is 4.74 Å². The number of carbonyl (C=O) groups is 1. The summed E-state index contributed by atoms with van der Waals surface area (Å²) < 4.78 is 5.77. The van der Waals surface area contributed by atoms with Gasteiger partial charge in [-0.25, -0.2) is 0 Å². The number of rotatable bonds is 6. The molecule has 0 bridgehead atoms. The minimum absolute atomic E-state index is 0.0699. The molecule has 0 spiro atoms. The molecular weight excluding hydrogens is 270 g/mol. The van der Waals surface area contributed by atoms with Crippen molar-refractivity contribution in [2.75, 3.05) is 18.9 Å². The number of hydrogen-bond acceptors (Lipinski definition) is 3. The van der Waals surface area contributed by atoms with Crippen molar-refractivity contribution in [2.24, 2.45) is 0 Å². The molecule has 0 aliphatic carbocycles. The molecule has 1 aromatic rings. The van der Waals surface area contributed by atoms with Crippen molar-refractivity contribution in [2.45, 2.75) is 39.4 Å². The summed E-state index contributed by atoms with van der Waals surface area (Å²) in [5, 5.41) is 2.87. The van der Waals surface area contributed by atoms with Crippen LogP contribution >= 0.6 is 11.8 Å². The Hall–Kier alpha value is -1.16.